The van der Waals surface area contributed by atoms with Crippen LogP contribution in [0.1, 0.15) is 45.2 Å². The number of nitrogens with zero attached hydrogens (tertiary/aromatic N) is 5. The second kappa shape index (κ2) is 9.75. The third-order valence-corrected chi connectivity index (χ3v) is 6.16. The van der Waals surface area contributed by atoms with Crippen LogP contribution in [0.5, 0.6) is 5.75 Å². The molecule has 5 rings (SSSR count). The average molecular weight is 493 g/mol. The van der Waals surface area contributed by atoms with Crippen LogP contribution in [0.2, 0.25) is 0 Å². The Morgan fingerprint density at radius 2 is 2.11 bits per heavy atom. The van der Waals surface area contributed by atoms with Crippen LogP contribution >= 0.6 is 0 Å². The van der Waals surface area contributed by atoms with E-state index in [1.807, 2.05) is 37.5 Å². The van der Waals surface area contributed by atoms with Crippen molar-refractivity contribution >= 4 is 17.7 Å². The van der Waals surface area contributed by atoms with Gasteiger partial charge in [0, 0.05) is 36.0 Å². The van der Waals surface area contributed by atoms with E-state index < -0.39 is 0 Å². The third-order valence-electron chi connectivity index (χ3n) is 6.16. The highest BCUT2D eigenvalue weighted by Crippen LogP contribution is 2.35. The van der Waals surface area contributed by atoms with Crippen LogP contribution in [0.25, 0.3) is 11.3 Å². The number of hydrogen-bond donors (Lipinski definition) is 3. The summed E-state index contributed by atoms with van der Waals surface area (Å²) in [5.74, 6) is 1.22. The van der Waals surface area contributed by atoms with Crippen molar-refractivity contribution in [2.45, 2.75) is 45.9 Å². The first-order valence-electron chi connectivity index (χ1n) is 12.1. The number of rotatable bonds is 4. The Bertz CT molecular complexity index is 1240. The van der Waals surface area contributed by atoms with E-state index in [4.69, 9.17) is 9.57 Å². The first kappa shape index (κ1) is 24.0. The maximum atomic E-state index is 13.0. The number of urea groups is 1. The second-order valence-electron chi connectivity index (χ2n) is 10.1. The van der Waals surface area contributed by atoms with E-state index in [0.29, 0.717) is 19.2 Å². The lowest BCUT2D eigenvalue weighted by Crippen LogP contribution is -2.40. The molecule has 2 aliphatic heterocycles. The van der Waals surface area contributed by atoms with Crippen LogP contribution in [-0.4, -0.2) is 50.3 Å². The van der Waals surface area contributed by atoms with E-state index >= 15 is 0 Å². The largest absolute Gasteiger partial charge is 0.493 e. The molecule has 2 atom stereocenters. The minimum Gasteiger partial charge on any atom is -0.493 e. The molecule has 0 aliphatic carbocycles. The zero-order chi connectivity index (χ0) is 25.3. The third kappa shape index (κ3) is 5.26. The van der Waals surface area contributed by atoms with Gasteiger partial charge in [-0.05, 0) is 25.0 Å². The summed E-state index contributed by atoms with van der Waals surface area (Å²) in [6, 6.07) is 7.37. The van der Waals surface area contributed by atoms with Gasteiger partial charge < -0.3 is 15.4 Å². The summed E-state index contributed by atoms with van der Waals surface area (Å²) in [4.78, 5) is 27.8. The van der Waals surface area contributed by atoms with Crippen LogP contribution in [0.15, 0.2) is 42.9 Å². The molecule has 3 aromatic rings. The quantitative estimate of drug-likeness (QED) is 0.504. The number of carbonyl (C=O) groups excluding carboxylic acids is 1. The molecule has 3 N–H and O–H groups in total. The van der Waals surface area contributed by atoms with Gasteiger partial charge in [0.25, 0.3) is 0 Å². The maximum absolute atomic E-state index is 13.0. The normalized spacial score (nSPS) is 19.8. The number of hydrogen-bond acceptors (Lipinski definition) is 8. The van der Waals surface area contributed by atoms with Crippen molar-refractivity contribution in [2.24, 2.45) is 12.5 Å². The summed E-state index contributed by atoms with van der Waals surface area (Å²) >= 11 is 0. The lowest BCUT2D eigenvalue weighted by molar-refractivity contribution is -0.139. The molecule has 1 aromatic carbocycles. The van der Waals surface area contributed by atoms with Crippen molar-refractivity contribution in [2.75, 3.05) is 18.6 Å². The molecule has 1 saturated heterocycles. The molecule has 2 aliphatic rings. The van der Waals surface area contributed by atoms with E-state index in [2.05, 4.69) is 51.8 Å². The predicted molar refractivity (Wildman–Crippen MR) is 134 cm³/mol. The Labute approximate surface area is 210 Å². The number of aromatic nitrogens is 4. The first-order chi connectivity index (χ1) is 17.3. The monoisotopic (exact) mass is 492 g/mol. The Morgan fingerprint density at radius 3 is 2.86 bits per heavy atom. The molecule has 1 unspecified atom stereocenters. The molecule has 0 bridgehead atoms. The minimum absolute atomic E-state index is 0.122. The molecule has 11 heteroatoms. The molecule has 2 aromatic heterocycles. The predicted octanol–water partition coefficient (Wildman–Crippen LogP) is 3.71. The van der Waals surface area contributed by atoms with Crippen molar-refractivity contribution in [1.29, 1.82) is 0 Å². The molecule has 0 saturated carbocycles. The number of hydroxylamine groups is 2. The number of anilines is 2. The van der Waals surface area contributed by atoms with Crippen molar-refractivity contribution in [1.82, 2.24) is 35.4 Å². The highest BCUT2D eigenvalue weighted by atomic mass is 16.7. The van der Waals surface area contributed by atoms with Gasteiger partial charge in [0.05, 0.1) is 30.2 Å². The number of ether oxygens (including phenoxy) is 1. The Morgan fingerprint density at radius 1 is 1.25 bits per heavy atom. The topological polar surface area (TPSA) is 118 Å². The Balaban J connectivity index is 1.32. The fourth-order valence-electron chi connectivity index (χ4n) is 4.25. The molecule has 0 radical (unpaired) electrons. The average Bonchev–Trinajstić information content (AvgIpc) is 3.46. The minimum atomic E-state index is -0.266. The number of carbonyl (C=O) groups is 1. The lowest BCUT2D eigenvalue weighted by atomic mass is 9.95. The van der Waals surface area contributed by atoms with Crippen molar-refractivity contribution in [3.63, 3.8) is 0 Å². The van der Waals surface area contributed by atoms with Gasteiger partial charge in [-0.1, -0.05) is 32.9 Å². The van der Waals surface area contributed by atoms with Gasteiger partial charge in [-0.25, -0.2) is 19.6 Å². The maximum Gasteiger partial charge on any atom is 0.343 e. The highest BCUT2D eigenvalue weighted by Gasteiger charge is 2.36. The van der Waals surface area contributed by atoms with Crippen LogP contribution in [0, 0.1) is 5.41 Å². The number of fused-ring (bicyclic) bond motifs is 1. The lowest BCUT2D eigenvalue weighted by Gasteiger charge is -2.26. The number of nitrogens with one attached hydrogen (secondary N) is 3. The van der Waals surface area contributed by atoms with E-state index in [1.54, 1.807) is 17.1 Å². The molecule has 2 amide bonds. The Hall–Kier alpha value is -3.70. The standard InChI is InChI=1S/C25H32N8O3/c1-25(2,3)22-27-15-33(36-22)24(34)31-20-6-5-11-35-21-12-16(7-8-18(20)21)19-9-10-26-23(30-19)29-17-13-28-32(4)14-17/h7-10,12-14,20,22,27H,5-6,11,15H2,1-4H3,(H,31,34)(H,26,29,30)/t20?,22-/m0/s1. The van der Waals surface area contributed by atoms with Gasteiger partial charge in [0.15, 0.2) is 0 Å². The summed E-state index contributed by atoms with van der Waals surface area (Å²) in [6.45, 7) is 7.12. The van der Waals surface area contributed by atoms with Gasteiger partial charge in [-0.2, -0.15) is 10.2 Å². The number of aryl methyl sites for hydroxylation is 1. The van der Waals surface area contributed by atoms with Crippen molar-refractivity contribution < 1.29 is 14.4 Å². The van der Waals surface area contributed by atoms with E-state index in [0.717, 1.165) is 41.1 Å². The van der Waals surface area contributed by atoms with Gasteiger partial charge in [-0.3, -0.25) is 10.00 Å². The zero-order valence-corrected chi connectivity index (χ0v) is 21.0. The van der Waals surface area contributed by atoms with E-state index in [-0.39, 0.29) is 23.7 Å². The van der Waals surface area contributed by atoms with Gasteiger partial charge >= 0.3 is 6.03 Å². The van der Waals surface area contributed by atoms with Crippen LogP contribution in [0.4, 0.5) is 16.4 Å². The zero-order valence-electron chi connectivity index (χ0n) is 21.0. The molecule has 0 spiro atoms. The van der Waals surface area contributed by atoms with Crippen molar-refractivity contribution in [3.8, 4) is 17.0 Å². The van der Waals surface area contributed by atoms with Gasteiger partial charge in [-0.15, -0.1) is 0 Å². The molecule has 11 nitrogen and oxygen atoms in total. The summed E-state index contributed by atoms with van der Waals surface area (Å²) in [5, 5.41) is 15.0. The van der Waals surface area contributed by atoms with Crippen LogP contribution in [-0.2, 0) is 11.9 Å². The first-order valence-corrected chi connectivity index (χ1v) is 12.1. The van der Waals surface area contributed by atoms with E-state index in [1.165, 1.54) is 5.06 Å². The van der Waals surface area contributed by atoms with Gasteiger partial charge in [0.1, 0.15) is 18.6 Å². The number of amides is 2. The van der Waals surface area contributed by atoms with E-state index in [9.17, 15) is 4.79 Å². The highest BCUT2D eigenvalue weighted by molar-refractivity contribution is 5.74. The Kier molecular flexibility index (Phi) is 6.50. The summed E-state index contributed by atoms with van der Waals surface area (Å²) < 4.78 is 7.77. The fraction of sp³-hybridized carbons (Fsp3) is 0.440. The molecule has 190 valence electrons. The van der Waals surface area contributed by atoms with Gasteiger partial charge in [0.2, 0.25) is 5.95 Å². The summed E-state index contributed by atoms with van der Waals surface area (Å²) in [7, 11) is 1.85. The van der Waals surface area contributed by atoms with Crippen LogP contribution < -0.4 is 20.7 Å². The SMILES string of the molecule is Cn1cc(Nc2nccc(-c3ccc4c(c3)OCCCC4NC(=O)N3CN[C@H](C(C)(C)C)O3)n2)cn1. The van der Waals surface area contributed by atoms with Crippen LogP contribution in [0.3, 0.4) is 0 Å². The number of benzene rings is 1. The fourth-order valence-corrected chi connectivity index (χ4v) is 4.25. The summed E-state index contributed by atoms with van der Waals surface area (Å²) in [6.07, 6.45) is 6.66. The molecular formula is C25H32N8O3. The molecule has 4 heterocycles. The second-order valence-corrected chi connectivity index (χ2v) is 10.1. The summed E-state index contributed by atoms with van der Waals surface area (Å²) in [5.41, 5.74) is 3.29. The molecular weight excluding hydrogens is 460 g/mol. The smallest absolute Gasteiger partial charge is 0.343 e. The molecule has 36 heavy (non-hydrogen) atoms. The molecule has 1 fully saturated rings. The van der Waals surface area contributed by atoms with Crippen molar-refractivity contribution in [3.05, 3.63) is 48.4 Å².